The third kappa shape index (κ3) is 3.33. The molecule has 19 heavy (non-hydrogen) atoms. The number of piperazine rings is 1. The van der Waals surface area contributed by atoms with E-state index < -0.39 is 0 Å². The van der Waals surface area contributed by atoms with Crippen molar-refractivity contribution in [1.82, 2.24) is 10.2 Å². The maximum atomic E-state index is 3.76. The Kier molecular flexibility index (Phi) is 3.68. The van der Waals surface area contributed by atoms with Gasteiger partial charge in [0, 0.05) is 31.7 Å². The van der Waals surface area contributed by atoms with Gasteiger partial charge in [-0.3, -0.25) is 4.90 Å². The Balaban J connectivity index is 1.61. The largest absolute Gasteiger partial charge is 0.311 e. The summed E-state index contributed by atoms with van der Waals surface area (Å²) in [6.07, 6.45) is 6.07. The molecule has 1 saturated heterocycles. The summed E-state index contributed by atoms with van der Waals surface area (Å²) in [4.78, 5) is 2.80. The topological polar surface area (TPSA) is 15.3 Å². The van der Waals surface area contributed by atoms with Crippen molar-refractivity contribution < 1.29 is 0 Å². The Hall–Kier alpha value is -0.0800. The molecule has 2 heteroatoms. The minimum Gasteiger partial charge on any atom is -0.311 e. The molecule has 0 aromatic heterocycles. The van der Waals surface area contributed by atoms with E-state index in [0.29, 0.717) is 11.5 Å². The molecule has 1 heterocycles. The summed E-state index contributed by atoms with van der Waals surface area (Å²) >= 11 is 0. The second-order valence-electron chi connectivity index (χ2n) is 8.47. The van der Waals surface area contributed by atoms with Crippen LogP contribution in [0, 0.1) is 23.2 Å². The van der Waals surface area contributed by atoms with Crippen LogP contribution < -0.4 is 5.32 Å². The van der Waals surface area contributed by atoms with Gasteiger partial charge in [-0.15, -0.1) is 0 Å². The molecule has 2 unspecified atom stereocenters. The molecule has 3 aliphatic rings. The molecule has 2 nitrogen and oxygen atoms in total. The minimum absolute atomic E-state index is 0.382. The molecule has 0 aromatic carbocycles. The SMILES string of the molecule is CC1CNC(C(C)(C)C)CN1CC(C1CC1)C1CC1. The fourth-order valence-corrected chi connectivity index (χ4v) is 3.76. The highest BCUT2D eigenvalue weighted by Crippen LogP contribution is 2.49. The molecule has 0 radical (unpaired) electrons. The second-order valence-corrected chi connectivity index (χ2v) is 8.47. The van der Waals surface area contributed by atoms with Crippen molar-refractivity contribution in [2.75, 3.05) is 19.6 Å². The Morgan fingerprint density at radius 3 is 2.16 bits per heavy atom. The van der Waals surface area contributed by atoms with Crippen LogP contribution in [0.2, 0.25) is 0 Å². The van der Waals surface area contributed by atoms with Crippen LogP contribution in [0.15, 0.2) is 0 Å². The minimum atomic E-state index is 0.382. The summed E-state index contributed by atoms with van der Waals surface area (Å²) in [5, 5.41) is 3.76. The summed E-state index contributed by atoms with van der Waals surface area (Å²) in [6.45, 7) is 13.3. The van der Waals surface area contributed by atoms with Gasteiger partial charge in [0.15, 0.2) is 0 Å². The molecule has 2 saturated carbocycles. The molecule has 0 bridgehead atoms. The van der Waals surface area contributed by atoms with E-state index in [9.17, 15) is 0 Å². The highest BCUT2D eigenvalue weighted by Gasteiger charge is 2.43. The Morgan fingerprint density at radius 2 is 1.68 bits per heavy atom. The Morgan fingerprint density at radius 1 is 1.11 bits per heavy atom. The van der Waals surface area contributed by atoms with Gasteiger partial charge in [-0.1, -0.05) is 20.8 Å². The number of rotatable bonds is 4. The fourth-order valence-electron chi connectivity index (χ4n) is 3.76. The van der Waals surface area contributed by atoms with Gasteiger partial charge in [0.1, 0.15) is 0 Å². The maximum Gasteiger partial charge on any atom is 0.0244 e. The van der Waals surface area contributed by atoms with Crippen LogP contribution >= 0.6 is 0 Å². The van der Waals surface area contributed by atoms with E-state index >= 15 is 0 Å². The van der Waals surface area contributed by atoms with E-state index in [0.717, 1.165) is 23.8 Å². The van der Waals surface area contributed by atoms with E-state index in [-0.39, 0.29) is 0 Å². The first-order chi connectivity index (χ1) is 8.95. The number of hydrogen-bond acceptors (Lipinski definition) is 2. The van der Waals surface area contributed by atoms with Gasteiger partial charge in [0.05, 0.1) is 0 Å². The van der Waals surface area contributed by atoms with Crippen molar-refractivity contribution in [3.8, 4) is 0 Å². The van der Waals surface area contributed by atoms with Crippen molar-refractivity contribution >= 4 is 0 Å². The molecule has 1 aliphatic heterocycles. The molecule has 2 aliphatic carbocycles. The van der Waals surface area contributed by atoms with E-state index in [1.807, 2.05) is 0 Å². The van der Waals surface area contributed by atoms with Crippen LogP contribution in [-0.4, -0.2) is 36.6 Å². The van der Waals surface area contributed by atoms with E-state index in [1.54, 1.807) is 0 Å². The molecular weight excluding hydrogens is 232 g/mol. The zero-order valence-corrected chi connectivity index (χ0v) is 13.3. The number of nitrogens with one attached hydrogen (secondary N) is 1. The van der Waals surface area contributed by atoms with Crippen molar-refractivity contribution in [1.29, 1.82) is 0 Å². The highest BCUT2D eigenvalue weighted by molar-refractivity contribution is 4.96. The lowest BCUT2D eigenvalue weighted by atomic mass is 9.84. The lowest BCUT2D eigenvalue weighted by molar-refractivity contribution is 0.0723. The van der Waals surface area contributed by atoms with E-state index in [1.165, 1.54) is 45.3 Å². The molecule has 1 N–H and O–H groups in total. The van der Waals surface area contributed by atoms with Crippen LogP contribution in [0.4, 0.5) is 0 Å². The number of hydrogen-bond donors (Lipinski definition) is 1. The average Bonchev–Trinajstić information content (AvgIpc) is 3.19. The summed E-state index contributed by atoms with van der Waals surface area (Å²) < 4.78 is 0. The third-order valence-electron chi connectivity index (χ3n) is 5.65. The molecule has 2 atom stereocenters. The lowest BCUT2D eigenvalue weighted by Gasteiger charge is -2.45. The number of nitrogens with zero attached hydrogens (tertiary/aromatic N) is 1. The van der Waals surface area contributed by atoms with Crippen LogP contribution in [-0.2, 0) is 0 Å². The first-order valence-corrected chi connectivity index (χ1v) is 8.42. The summed E-state index contributed by atoms with van der Waals surface area (Å²) in [5.41, 5.74) is 0.382. The zero-order chi connectivity index (χ0) is 13.6. The lowest BCUT2D eigenvalue weighted by Crippen LogP contribution is -2.60. The Labute approximate surface area is 119 Å². The van der Waals surface area contributed by atoms with E-state index in [2.05, 4.69) is 37.9 Å². The standard InChI is InChI=1S/C17H32N2/c1-12-9-18-16(17(2,3)4)11-19(12)10-15(13-5-6-13)14-7-8-14/h12-16,18H,5-11H2,1-4H3. The van der Waals surface area contributed by atoms with Crippen LogP contribution in [0.5, 0.6) is 0 Å². The first kappa shape index (κ1) is 13.9. The van der Waals surface area contributed by atoms with Gasteiger partial charge < -0.3 is 5.32 Å². The molecule has 0 spiro atoms. The molecule has 3 fully saturated rings. The maximum absolute atomic E-state index is 3.76. The predicted molar refractivity (Wildman–Crippen MR) is 81.2 cm³/mol. The fraction of sp³-hybridized carbons (Fsp3) is 1.00. The molecule has 110 valence electrons. The van der Waals surface area contributed by atoms with Crippen LogP contribution in [0.25, 0.3) is 0 Å². The van der Waals surface area contributed by atoms with Gasteiger partial charge in [-0.05, 0) is 55.8 Å². The zero-order valence-electron chi connectivity index (χ0n) is 13.3. The van der Waals surface area contributed by atoms with Gasteiger partial charge in [0.2, 0.25) is 0 Å². The Bertz CT molecular complexity index is 300. The summed E-state index contributed by atoms with van der Waals surface area (Å²) in [7, 11) is 0. The first-order valence-electron chi connectivity index (χ1n) is 8.42. The monoisotopic (exact) mass is 264 g/mol. The van der Waals surface area contributed by atoms with Crippen molar-refractivity contribution in [3.63, 3.8) is 0 Å². The molecule has 3 rings (SSSR count). The van der Waals surface area contributed by atoms with Crippen LogP contribution in [0.3, 0.4) is 0 Å². The van der Waals surface area contributed by atoms with E-state index in [4.69, 9.17) is 0 Å². The second kappa shape index (κ2) is 5.04. The van der Waals surface area contributed by atoms with Gasteiger partial charge in [-0.2, -0.15) is 0 Å². The van der Waals surface area contributed by atoms with Gasteiger partial charge >= 0.3 is 0 Å². The van der Waals surface area contributed by atoms with Crippen LogP contribution in [0.1, 0.15) is 53.4 Å². The van der Waals surface area contributed by atoms with Crippen molar-refractivity contribution in [2.24, 2.45) is 23.2 Å². The molecule has 0 amide bonds. The van der Waals surface area contributed by atoms with Gasteiger partial charge in [-0.25, -0.2) is 0 Å². The molecular formula is C17H32N2. The summed E-state index contributed by atoms with van der Waals surface area (Å²) in [6, 6.07) is 1.38. The normalized spacial score (nSPS) is 33.9. The quantitative estimate of drug-likeness (QED) is 0.839. The average molecular weight is 264 g/mol. The highest BCUT2D eigenvalue weighted by atomic mass is 15.2. The molecule has 0 aromatic rings. The summed E-state index contributed by atoms with van der Waals surface area (Å²) in [5.74, 6) is 3.20. The third-order valence-corrected chi connectivity index (χ3v) is 5.65. The predicted octanol–water partition coefficient (Wildman–Crippen LogP) is 3.13. The van der Waals surface area contributed by atoms with Crippen molar-refractivity contribution in [2.45, 2.75) is 65.5 Å². The smallest absolute Gasteiger partial charge is 0.0244 e. The van der Waals surface area contributed by atoms with Gasteiger partial charge in [0.25, 0.3) is 0 Å². The van der Waals surface area contributed by atoms with Crippen molar-refractivity contribution in [3.05, 3.63) is 0 Å².